The van der Waals surface area contributed by atoms with Gasteiger partial charge in [0.05, 0.1) is 0 Å². The van der Waals surface area contributed by atoms with E-state index >= 15 is 0 Å². The molecular weight excluding hydrogens is 176 g/mol. The number of nitrogens with zero attached hydrogens (tertiary/aromatic N) is 1. The van der Waals surface area contributed by atoms with Gasteiger partial charge in [0, 0.05) is 25.2 Å². The monoisotopic (exact) mass is 190 g/mol. The van der Waals surface area contributed by atoms with Crippen LogP contribution in [-0.4, -0.2) is 24.5 Å². The molecule has 0 aliphatic carbocycles. The van der Waals surface area contributed by atoms with E-state index in [0.29, 0.717) is 5.92 Å². The summed E-state index contributed by atoms with van der Waals surface area (Å²) >= 11 is 0. The molecule has 3 heteroatoms. The Morgan fingerprint density at radius 3 is 2.93 bits per heavy atom. The predicted molar refractivity (Wildman–Crippen MR) is 56.5 cm³/mol. The van der Waals surface area contributed by atoms with Crippen molar-refractivity contribution in [1.29, 1.82) is 0 Å². The van der Waals surface area contributed by atoms with Gasteiger partial charge < -0.3 is 10.2 Å². The van der Waals surface area contributed by atoms with E-state index in [-0.39, 0.29) is 6.03 Å². The molecule has 0 saturated carbocycles. The van der Waals surface area contributed by atoms with E-state index in [2.05, 4.69) is 18.3 Å². The number of nitrogens with one attached hydrogen (secondary N) is 1. The van der Waals surface area contributed by atoms with Crippen molar-refractivity contribution in [1.82, 2.24) is 4.90 Å². The third-order valence-corrected chi connectivity index (χ3v) is 2.63. The molecule has 0 aromatic heterocycles. The third kappa shape index (κ3) is 1.45. The summed E-state index contributed by atoms with van der Waals surface area (Å²) in [5, 5.41) is 2.89. The minimum absolute atomic E-state index is 0.0261. The fourth-order valence-electron chi connectivity index (χ4n) is 1.84. The topological polar surface area (TPSA) is 32.3 Å². The highest BCUT2D eigenvalue weighted by molar-refractivity contribution is 5.91. The van der Waals surface area contributed by atoms with E-state index in [9.17, 15) is 4.79 Å². The van der Waals surface area contributed by atoms with Crippen LogP contribution in [0.2, 0.25) is 0 Å². The summed E-state index contributed by atoms with van der Waals surface area (Å²) in [6.45, 7) is 2.90. The Bertz CT molecular complexity index is 362. The van der Waals surface area contributed by atoms with Gasteiger partial charge in [-0.2, -0.15) is 0 Å². The normalized spacial score (nSPS) is 21.1. The number of fused-ring (bicyclic) bond motifs is 1. The van der Waals surface area contributed by atoms with Crippen molar-refractivity contribution in [3.8, 4) is 0 Å². The Morgan fingerprint density at radius 1 is 1.43 bits per heavy atom. The van der Waals surface area contributed by atoms with Crippen molar-refractivity contribution in [2.24, 2.45) is 0 Å². The summed E-state index contributed by atoms with van der Waals surface area (Å²) in [7, 11) is 1.82. The van der Waals surface area contributed by atoms with E-state index in [1.807, 2.05) is 25.2 Å². The second-order valence-electron chi connectivity index (χ2n) is 3.80. The molecule has 14 heavy (non-hydrogen) atoms. The number of likely N-dealkylation sites (N-methyl/N-ethyl adjacent to an activating group) is 1. The molecule has 2 rings (SSSR count). The molecule has 1 aromatic rings. The molecule has 0 spiro atoms. The standard InChI is InChI=1S/C11H14N2O/c1-8-7-13(2)11(14)12-10-6-4-3-5-9(8)10/h3-6,8H,7H2,1-2H3,(H,12,14). The molecule has 1 aliphatic heterocycles. The summed E-state index contributed by atoms with van der Waals surface area (Å²) in [4.78, 5) is 13.3. The molecule has 1 heterocycles. The van der Waals surface area contributed by atoms with Crippen LogP contribution in [0.5, 0.6) is 0 Å². The number of para-hydroxylation sites is 1. The van der Waals surface area contributed by atoms with Crippen LogP contribution in [0.15, 0.2) is 24.3 Å². The number of anilines is 1. The lowest BCUT2D eigenvalue weighted by Crippen LogP contribution is -2.31. The van der Waals surface area contributed by atoms with Gasteiger partial charge in [0.2, 0.25) is 0 Å². The van der Waals surface area contributed by atoms with Crippen LogP contribution in [0.4, 0.5) is 10.5 Å². The number of amides is 2. The van der Waals surface area contributed by atoms with Gasteiger partial charge >= 0.3 is 6.03 Å². The lowest BCUT2D eigenvalue weighted by Gasteiger charge is -2.16. The second-order valence-corrected chi connectivity index (χ2v) is 3.80. The van der Waals surface area contributed by atoms with Crippen molar-refractivity contribution in [3.63, 3.8) is 0 Å². The van der Waals surface area contributed by atoms with Crippen molar-refractivity contribution in [2.75, 3.05) is 18.9 Å². The first-order valence-corrected chi connectivity index (χ1v) is 4.79. The maximum absolute atomic E-state index is 11.5. The van der Waals surface area contributed by atoms with E-state index < -0.39 is 0 Å². The van der Waals surface area contributed by atoms with E-state index in [0.717, 1.165) is 12.2 Å². The highest BCUT2D eigenvalue weighted by atomic mass is 16.2. The zero-order valence-electron chi connectivity index (χ0n) is 8.45. The Morgan fingerprint density at radius 2 is 2.14 bits per heavy atom. The number of rotatable bonds is 0. The number of carbonyl (C=O) groups excluding carboxylic acids is 1. The lowest BCUT2D eigenvalue weighted by molar-refractivity contribution is 0.221. The number of urea groups is 1. The van der Waals surface area contributed by atoms with Gasteiger partial charge in [-0.05, 0) is 11.6 Å². The first-order valence-electron chi connectivity index (χ1n) is 4.79. The van der Waals surface area contributed by atoms with Crippen LogP contribution < -0.4 is 5.32 Å². The first kappa shape index (κ1) is 9.06. The van der Waals surface area contributed by atoms with Gasteiger partial charge in [-0.25, -0.2) is 4.79 Å². The van der Waals surface area contributed by atoms with Crippen molar-refractivity contribution < 1.29 is 4.79 Å². The van der Waals surface area contributed by atoms with Crippen LogP contribution >= 0.6 is 0 Å². The second kappa shape index (κ2) is 3.33. The Labute approximate surface area is 83.7 Å². The smallest absolute Gasteiger partial charge is 0.321 e. The molecule has 3 nitrogen and oxygen atoms in total. The lowest BCUT2D eigenvalue weighted by atomic mass is 9.99. The van der Waals surface area contributed by atoms with Gasteiger partial charge in [0.15, 0.2) is 0 Å². The molecule has 1 unspecified atom stereocenters. The molecular formula is C11H14N2O. The van der Waals surface area contributed by atoms with Crippen LogP contribution in [0.1, 0.15) is 18.4 Å². The van der Waals surface area contributed by atoms with Crippen LogP contribution in [-0.2, 0) is 0 Å². The molecule has 0 bridgehead atoms. The molecule has 1 atom stereocenters. The molecule has 1 aromatic carbocycles. The maximum Gasteiger partial charge on any atom is 0.321 e. The number of hydrogen-bond acceptors (Lipinski definition) is 1. The minimum atomic E-state index is -0.0261. The fourth-order valence-corrected chi connectivity index (χ4v) is 1.84. The molecule has 0 saturated heterocycles. The largest absolute Gasteiger partial charge is 0.327 e. The van der Waals surface area contributed by atoms with Gasteiger partial charge in [0.1, 0.15) is 0 Å². The first-order chi connectivity index (χ1) is 6.68. The average molecular weight is 190 g/mol. The van der Waals surface area contributed by atoms with Gasteiger partial charge in [-0.1, -0.05) is 25.1 Å². The number of carbonyl (C=O) groups is 1. The molecule has 2 amide bonds. The zero-order chi connectivity index (χ0) is 10.1. The van der Waals surface area contributed by atoms with Gasteiger partial charge in [-0.3, -0.25) is 0 Å². The summed E-state index contributed by atoms with van der Waals surface area (Å²) in [6.07, 6.45) is 0. The van der Waals surface area contributed by atoms with Crippen LogP contribution in [0, 0.1) is 0 Å². The highest BCUT2D eigenvalue weighted by Gasteiger charge is 2.21. The zero-order valence-corrected chi connectivity index (χ0v) is 8.45. The third-order valence-electron chi connectivity index (χ3n) is 2.63. The Hall–Kier alpha value is -1.51. The molecule has 0 radical (unpaired) electrons. The highest BCUT2D eigenvalue weighted by Crippen LogP contribution is 2.27. The van der Waals surface area contributed by atoms with E-state index in [1.165, 1.54) is 5.56 Å². The summed E-state index contributed by atoms with van der Waals surface area (Å²) < 4.78 is 0. The summed E-state index contributed by atoms with van der Waals surface area (Å²) in [5.41, 5.74) is 2.15. The minimum Gasteiger partial charge on any atom is -0.327 e. The molecule has 74 valence electrons. The Balaban J connectivity index is 2.43. The average Bonchev–Trinajstić information content (AvgIpc) is 2.27. The summed E-state index contributed by atoms with van der Waals surface area (Å²) in [6, 6.07) is 7.94. The SMILES string of the molecule is CC1CN(C)C(=O)Nc2ccccc21. The maximum atomic E-state index is 11.5. The van der Waals surface area contributed by atoms with Crippen LogP contribution in [0.3, 0.4) is 0 Å². The number of benzene rings is 1. The van der Waals surface area contributed by atoms with Gasteiger partial charge in [-0.15, -0.1) is 0 Å². The molecule has 1 N–H and O–H groups in total. The summed E-state index contributed by atoms with van der Waals surface area (Å²) in [5.74, 6) is 0.384. The Kier molecular flexibility index (Phi) is 2.15. The predicted octanol–water partition coefficient (Wildman–Crippen LogP) is 2.27. The molecule has 1 aliphatic rings. The fraction of sp³-hybridized carbons (Fsp3) is 0.364. The van der Waals surface area contributed by atoms with Crippen molar-refractivity contribution in [2.45, 2.75) is 12.8 Å². The number of hydrogen-bond donors (Lipinski definition) is 1. The van der Waals surface area contributed by atoms with E-state index in [1.54, 1.807) is 4.90 Å². The van der Waals surface area contributed by atoms with E-state index in [4.69, 9.17) is 0 Å². The quantitative estimate of drug-likeness (QED) is 0.668. The van der Waals surface area contributed by atoms with Gasteiger partial charge in [0.25, 0.3) is 0 Å². The van der Waals surface area contributed by atoms with Crippen molar-refractivity contribution in [3.05, 3.63) is 29.8 Å². The van der Waals surface area contributed by atoms with Crippen molar-refractivity contribution >= 4 is 11.7 Å². The van der Waals surface area contributed by atoms with Crippen LogP contribution in [0.25, 0.3) is 0 Å². The molecule has 0 fully saturated rings.